The number of rotatable bonds is 8. The summed E-state index contributed by atoms with van der Waals surface area (Å²) in [4.78, 5) is 100. The maximum Gasteiger partial charge on any atom is 0.333 e. The second kappa shape index (κ2) is 29.5. The smallest absolute Gasteiger partial charge is 0.333 e. The molecule has 15 nitrogen and oxygen atoms in total. The number of imide groups is 4. The topological polar surface area (TPSA) is 214 Å². The predicted molar refractivity (Wildman–Crippen MR) is 213 cm³/mol. The van der Waals surface area contributed by atoms with Crippen LogP contribution in [0.5, 0.6) is 0 Å². The number of urea groups is 1. The van der Waals surface area contributed by atoms with Crippen LogP contribution in [0.1, 0.15) is 167 Å². The lowest BCUT2D eigenvalue weighted by molar-refractivity contribution is -0.145. The average Bonchev–Trinajstić information content (AvgIpc) is 3.80. The van der Waals surface area contributed by atoms with Gasteiger partial charge in [0, 0.05) is 77.7 Å². The molecule has 0 unspecified atom stereocenters. The zero-order valence-corrected chi connectivity index (χ0v) is 34.0. The van der Waals surface area contributed by atoms with E-state index >= 15 is 0 Å². The van der Waals surface area contributed by atoms with E-state index < -0.39 is 6.03 Å². The number of likely N-dealkylation sites (tertiary alicyclic amines) is 4. The number of hydrogen-bond acceptors (Lipinski definition) is 10. The van der Waals surface area contributed by atoms with Crippen molar-refractivity contribution in [2.24, 2.45) is 11.5 Å². The first kappa shape index (κ1) is 48.4. The summed E-state index contributed by atoms with van der Waals surface area (Å²) in [5, 5.41) is 2.81. The molecule has 0 radical (unpaired) electrons. The van der Waals surface area contributed by atoms with Crippen molar-refractivity contribution in [1.82, 2.24) is 24.9 Å². The van der Waals surface area contributed by atoms with Crippen LogP contribution in [-0.2, 0) is 33.6 Å². The van der Waals surface area contributed by atoms with Crippen LogP contribution in [0, 0.1) is 0 Å². The molecule has 9 amide bonds. The molecule has 0 atom stereocenters. The van der Waals surface area contributed by atoms with E-state index in [0.717, 1.165) is 129 Å². The van der Waals surface area contributed by atoms with Crippen molar-refractivity contribution in [3.05, 3.63) is 0 Å². The monoisotopic (exact) mass is 790 g/mol. The Morgan fingerprint density at radius 2 is 0.786 bits per heavy atom. The molecule has 5 heterocycles. The Morgan fingerprint density at radius 1 is 0.429 bits per heavy atom. The van der Waals surface area contributed by atoms with Crippen molar-refractivity contribution < 1.29 is 38.4 Å². The molecule has 5 N–H and O–H groups in total. The third kappa shape index (κ3) is 19.4. The molecule has 5 saturated heterocycles. The molecular formula is C41H71N7O8. The molecule has 5 fully saturated rings. The Balaban J connectivity index is 0.000000301. The summed E-state index contributed by atoms with van der Waals surface area (Å²) in [7, 11) is 0. The van der Waals surface area contributed by atoms with Crippen LogP contribution in [0.25, 0.3) is 0 Å². The van der Waals surface area contributed by atoms with E-state index in [0.29, 0.717) is 77.5 Å². The fourth-order valence-corrected chi connectivity index (χ4v) is 7.03. The molecule has 15 heteroatoms. The highest BCUT2D eigenvalue weighted by Crippen LogP contribution is 2.18. The van der Waals surface area contributed by atoms with Gasteiger partial charge in [0.2, 0.25) is 41.4 Å². The lowest BCUT2D eigenvalue weighted by Crippen LogP contribution is -2.48. The van der Waals surface area contributed by atoms with Gasteiger partial charge in [-0.15, -0.1) is 0 Å². The van der Waals surface area contributed by atoms with Gasteiger partial charge < -0.3 is 16.8 Å². The van der Waals surface area contributed by atoms with Crippen molar-refractivity contribution in [3.8, 4) is 0 Å². The normalized spacial score (nSPS) is 19.9. The number of carbonyl (C=O) groups is 8. The summed E-state index contributed by atoms with van der Waals surface area (Å²) in [5.74, 6) is -0.289. The van der Waals surface area contributed by atoms with E-state index in [4.69, 9.17) is 11.5 Å². The predicted octanol–water partition coefficient (Wildman–Crippen LogP) is 4.68. The third-order valence-electron chi connectivity index (χ3n) is 10.4. The Labute approximate surface area is 334 Å². The van der Waals surface area contributed by atoms with Crippen LogP contribution < -0.4 is 16.8 Å². The number of nitrogens with zero attached hydrogens (tertiary/aromatic N) is 4. The van der Waals surface area contributed by atoms with Crippen molar-refractivity contribution in [2.75, 3.05) is 45.8 Å². The molecule has 5 aliphatic heterocycles. The summed E-state index contributed by atoms with van der Waals surface area (Å²) in [6, 6.07) is -0.395. The number of hydrogen-bond donors (Lipinski definition) is 3. The largest absolute Gasteiger partial charge is 0.356 e. The highest BCUT2D eigenvalue weighted by atomic mass is 16.2. The van der Waals surface area contributed by atoms with Crippen LogP contribution >= 0.6 is 0 Å². The number of unbranched alkanes of at least 4 members (excludes halogenated alkanes) is 2. The SMILES string of the molecule is NCCCN.O=C(CCCCCC(=O)N1CCCCCC1=O)N1CCCCCC1=O.O=C1CCCCCN1.O=C1CCCCCN1C(=O)N1CCCCCC1=O. The van der Waals surface area contributed by atoms with Crippen LogP contribution in [0.3, 0.4) is 0 Å². The first-order chi connectivity index (χ1) is 27.1. The van der Waals surface area contributed by atoms with Crippen molar-refractivity contribution in [3.63, 3.8) is 0 Å². The second-order valence-electron chi connectivity index (χ2n) is 15.1. The van der Waals surface area contributed by atoms with E-state index in [9.17, 15) is 38.4 Å². The second-order valence-corrected chi connectivity index (χ2v) is 15.1. The number of carbonyl (C=O) groups excluding carboxylic acids is 8. The minimum absolute atomic E-state index is 0.0441. The Hall–Kier alpha value is -3.72. The summed E-state index contributed by atoms with van der Waals surface area (Å²) < 4.78 is 0. The highest BCUT2D eigenvalue weighted by Gasteiger charge is 2.31. The fourth-order valence-electron chi connectivity index (χ4n) is 7.03. The van der Waals surface area contributed by atoms with Gasteiger partial charge in [-0.3, -0.25) is 53.2 Å². The van der Waals surface area contributed by atoms with Gasteiger partial charge in [-0.05, 0) is 96.6 Å². The quantitative estimate of drug-likeness (QED) is 0.289. The van der Waals surface area contributed by atoms with Crippen LogP contribution in [0.15, 0.2) is 0 Å². The number of nitrogens with one attached hydrogen (secondary N) is 1. The average molecular weight is 790 g/mol. The molecular weight excluding hydrogens is 718 g/mol. The molecule has 0 aromatic carbocycles. The first-order valence-electron chi connectivity index (χ1n) is 21.6. The van der Waals surface area contributed by atoms with Crippen LogP contribution in [-0.4, -0.2) is 113 Å². The van der Waals surface area contributed by atoms with Gasteiger partial charge in [0.15, 0.2) is 0 Å². The van der Waals surface area contributed by atoms with E-state index in [1.807, 2.05) is 0 Å². The molecule has 0 spiro atoms. The standard InChI is InChI=1S/C19H30N2O4.C13H20N2O3.C6H11NO.C3H10N2/c22-16(20-14-8-2-6-12-18(20)24)10-4-1-5-11-17(23)21-15-9-3-7-13-19(21)25;16-11-7-3-1-5-9-14(11)13(18)15-10-6-2-4-8-12(15)17;8-6-4-2-1-3-5-7-6;4-2-1-3-5/h1-15H2;1-10H2;1-5H2,(H,7,8);1-5H2. The van der Waals surface area contributed by atoms with Crippen LogP contribution in [0.2, 0.25) is 0 Å². The summed E-state index contributed by atoms with van der Waals surface area (Å²) in [6.07, 6.45) is 20.7. The Morgan fingerprint density at radius 3 is 1.18 bits per heavy atom. The van der Waals surface area contributed by atoms with Crippen molar-refractivity contribution in [2.45, 2.75) is 167 Å². The van der Waals surface area contributed by atoms with Gasteiger partial charge in [0.25, 0.3) is 0 Å². The van der Waals surface area contributed by atoms with Crippen molar-refractivity contribution in [1.29, 1.82) is 0 Å². The minimum Gasteiger partial charge on any atom is -0.356 e. The van der Waals surface area contributed by atoms with E-state index in [2.05, 4.69) is 5.32 Å². The first-order valence-corrected chi connectivity index (χ1v) is 21.6. The van der Waals surface area contributed by atoms with Crippen LogP contribution in [0.4, 0.5) is 4.79 Å². The maximum atomic E-state index is 12.3. The molecule has 0 aromatic heterocycles. The summed E-state index contributed by atoms with van der Waals surface area (Å²) in [6.45, 7) is 4.34. The molecule has 56 heavy (non-hydrogen) atoms. The Bertz CT molecular complexity index is 1170. The lowest BCUT2D eigenvalue weighted by Gasteiger charge is -2.26. The zero-order valence-electron chi connectivity index (χ0n) is 34.0. The van der Waals surface area contributed by atoms with Gasteiger partial charge in [0.1, 0.15) is 0 Å². The summed E-state index contributed by atoms with van der Waals surface area (Å²) >= 11 is 0. The highest BCUT2D eigenvalue weighted by molar-refractivity contribution is 6.02. The van der Waals surface area contributed by atoms with Gasteiger partial charge >= 0.3 is 6.03 Å². The maximum absolute atomic E-state index is 12.3. The third-order valence-corrected chi connectivity index (χ3v) is 10.4. The van der Waals surface area contributed by atoms with Gasteiger partial charge in [0.05, 0.1) is 0 Å². The fraction of sp³-hybridized carbons (Fsp3) is 0.805. The van der Waals surface area contributed by atoms with Gasteiger partial charge in [-0.25, -0.2) is 4.79 Å². The molecule has 0 bridgehead atoms. The molecule has 0 aliphatic carbocycles. The molecule has 318 valence electrons. The number of amides is 9. The minimum atomic E-state index is -0.395. The van der Waals surface area contributed by atoms with Crippen molar-refractivity contribution >= 4 is 47.4 Å². The lowest BCUT2D eigenvalue weighted by atomic mass is 10.1. The van der Waals surface area contributed by atoms with E-state index in [1.165, 1.54) is 26.0 Å². The molecule has 0 saturated carbocycles. The molecule has 0 aromatic rings. The Kier molecular flexibility index (Phi) is 25.5. The summed E-state index contributed by atoms with van der Waals surface area (Å²) in [5.41, 5.74) is 10.1. The number of nitrogens with two attached hydrogens (primary N) is 2. The van der Waals surface area contributed by atoms with E-state index in [-0.39, 0.29) is 41.4 Å². The van der Waals surface area contributed by atoms with Gasteiger partial charge in [-0.1, -0.05) is 38.5 Å². The molecule has 5 aliphatic rings. The van der Waals surface area contributed by atoms with E-state index in [1.54, 1.807) is 0 Å². The molecule has 5 rings (SSSR count). The van der Waals surface area contributed by atoms with Gasteiger partial charge in [-0.2, -0.15) is 0 Å². The zero-order chi connectivity index (χ0) is 41.0.